The molecule has 0 fully saturated rings. The number of likely N-dealkylation sites (N-methyl/N-ethyl adjacent to an activating group) is 1. The quantitative estimate of drug-likeness (QED) is 0.0617. The van der Waals surface area contributed by atoms with Crippen LogP contribution in [0.3, 0.4) is 0 Å². The Morgan fingerprint density at radius 2 is 1.42 bits per heavy atom. The van der Waals surface area contributed by atoms with Gasteiger partial charge in [0.1, 0.15) is 11.5 Å². The molecule has 2 aliphatic heterocycles. The van der Waals surface area contributed by atoms with Crippen LogP contribution in [0.1, 0.15) is 61.4 Å². The smallest absolute Gasteiger partial charge is 0.336 e. The van der Waals surface area contributed by atoms with Gasteiger partial charge in [0.15, 0.2) is 0 Å². The van der Waals surface area contributed by atoms with E-state index in [1.165, 1.54) is 12.1 Å². The molecule has 4 aromatic carbocycles. The summed E-state index contributed by atoms with van der Waals surface area (Å²) in [5.41, 5.74) is 7.25. The number of hydrogen-bond acceptors (Lipinski definition) is 11. The second-order valence-electron chi connectivity index (χ2n) is 16.8. The molecule has 0 radical (unpaired) electrons. The standard InChI is InChI=1S/C54H59N5O10/c1-57(2)41-16-19-44-48(34-41)69-49-35-42(58(3)4)17-20-45(49)52(44)46-33-39(15-18-43(46)54(63)64)53(62)56-24-26-66-28-30-68-32-31-67-29-27-65-25-22-50(60)55-23-21-51(61)59-36-40-11-6-5-9-37(40)13-14-38-10-7-8-12-47(38)59/h5-12,15-20,33-35,41H,21-32,36H2,1-4H3,(H,55,60)(H,56,62)(H,63,64). The van der Waals surface area contributed by atoms with Crippen LogP contribution in [0.15, 0.2) is 114 Å². The molecule has 1 unspecified atom stereocenters. The number of fused-ring (bicyclic) bond motifs is 4. The van der Waals surface area contributed by atoms with E-state index in [1.807, 2.05) is 123 Å². The Hall–Kier alpha value is -7.06. The lowest BCUT2D eigenvalue weighted by atomic mass is 9.84. The van der Waals surface area contributed by atoms with Gasteiger partial charge in [0.05, 0.1) is 70.7 Å². The van der Waals surface area contributed by atoms with Gasteiger partial charge in [0.25, 0.3) is 5.91 Å². The highest BCUT2D eigenvalue weighted by Gasteiger charge is 2.31. The van der Waals surface area contributed by atoms with E-state index in [1.54, 1.807) is 11.0 Å². The summed E-state index contributed by atoms with van der Waals surface area (Å²) in [6.45, 7) is 3.33. The van der Waals surface area contributed by atoms with Crippen molar-refractivity contribution in [2.45, 2.75) is 25.4 Å². The number of nitrogens with one attached hydrogen (secondary N) is 2. The van der Waals surface area contributed by atoms with Crippen LogP contribution in [0, 0.1) is 11.8 Å². The molecule has 4 aromatic rings. The van der Waals surface area contributed by atoms with Gasteiger partial charge in [-0.2, -0.15) is 0 Å². The SMILES string of the molecule is CN(C)c1ccc2c(c1)OC1=CC(N(C)C)C=CC1=C2c1cc(C(=O)NCCOCCOCCOCCOCCC(=O)NCCC(=O)N2Cc3ccccc3C#Cc3ccccc32)ccc1C(=O)O. The van der Waals surface area contributed by atoms with Crippen molar-refractivity contribution in [3.8, 4) is 17.6 Å². The van der Waals surface area contributed by atoms with Gasteiger partial charge in [-0.3, -0.25) is 19.3 Å². The first-order valence-electron chi connectivity index (χ1n) is 23.0. The third kappa shape index (κ3) is 13.1. The molecule has 3 amide bonds. The van der Waals surface area contributed by atoms with Crippen LogP contribution in [0.25, 0.3) is 5.57 Å². The van der Waals surface area contributed by atoms with Crippen molar-refractivity contribution in [2.75, 3.05) is 104 Å². The van der Waals surface area contributed by atoms with E-state index in [-0.39, 0.29) is 68.5 Å². The fraction of sp³-hybridized carbons (Fsp3) is 0.333. The third-order valence-corrected chi connectivity index (χ3v) is 11.6. The van der Waals surface area contributed by atoms with E-state index in [0.29, 0.717) is 74.4 Å². The van der Waals surface area contributed by atoms with Gasteiger partial charge in [-0.05, 0) is 79.8 Å². The first kappa shape index (κ1) is 49.8. The monoisotopic (exact) mass is 937 g/mol. The van der Waals surface area contributed by atoms with Crippen molar-refractivity contribution in [1.29, 1.82) is 0 Å². The maximum Gasteiger partial charge on any atom is 0.336 e. The van der Waals surface area contributed by atoms with Gasteiger partial charge >= 0.3 is 5.97 Å². The fourth-order valence-corrected chi connectivity index (χ4v) is 7.91. The van der Waals surface area contributed by atoms with E-state index in [2.05, 4.69) is 22.5 Å². The molecule has 360 valence electrons. The molecule has 7 rings (SSSR count). The van der Waals surface area contributed by atoms with E-state index < -0.39 is 5.97 Å². The number of benzene rings is 4. The summed E-state index contributed by atoms with van der Waals surface area (Å²) in [5, 5.41) is 16.0. The van der Waals surface area contributed by atoms with Crippen LogP contribution < -0.4 is 25.2 Å². The highest BCUT2D eigenvalue weighted by atomic mass is 16.6. The molecule has 3 N–H and O–H groups in total. The normalized spacial score (nSPS) is 14.4. The van der Waals surface area contributed by atoms with Gasteiger partial charge in [-0.1, -0.05) is 54.3 Å². The average molecular weight is 938 g/mol. The van der Waals surface area contributed by atoms with Gasteiger partial charge in [-0.15, -0.1) is 0 Å². The Morgan fingerprint density at radius 3 is 2.14 bits per heavy atom. The van der Waals surface area contributed by atoms with Crippen LogP contribution in [-0.2, 0) is 35.1 Å². The second kappa shape index (κ2) is 24.3. The minimum Gasteiger partial charge on any atom is -0.478 e. The number of amides is 3. The number of para-hydroxylation sites is 1. The number of anilines is 2. The van der Waals surface area contributed by atoms with Gasteiger partial charge in [-0.25, -0.2) is 4.79 Å². The molecular weight excluding hydrogens is 879 g/mol. The van der Waals surface area contributed by atoms with E-state index in [0.717, 1.165) is 39.2 Å². The van der Waals surface area contributed by atoms with Crippen LogP contribution in [0.4, 0.5) is 11.4 Å². The molecule has 3 aliphatic rings. The molecule has 0 bridgehead atoms. The Labute approximate surface area is 403 Å². The Bertz CT molecular complexity index is 2680. The molecule has 15 heteroatoms. The molecule has 0 saturated heterocycles. The molecule has 0 aromatic heterocycles. The topological polar surface area (TPSA) is 168 Å². The van der Waals surface area contributed by atoms with Gasteiger partial charge in [0.2, 0.25) is 11.8 Å². The molecule has 15 nitrogen and oxygen atoms in total. The van der Waals surface area contributed by atoms with E-state index >= 15 is 0 Å². The summed E-state index contributed by atoms with van der Waals surface area (Å²) in [7, 11) is 7.83. The van der Waals surface area contributed by atoms with Gasteiger partial charge < -0.3 is 49.2 Å². The Kier molecular flexibility index (Phi) is 17.5. The van der Waals surface area contributed by atoms with Crippen LogP contribution in [0.5, 0.6) is 5.75 Å². The molecular formula is C54H59N5O10. The Balaban J connectivity index is 0.758. The summed E-state index contributed by atoms with van der Waals surface area (Å²) >= 11 is 0. The summed E-state index contributed by atoms with van der Waals surface area (Å²) < 4.78 is 28.8. The number of carboxylic acids is 1. The minimum atomic E-state index is -1.11. The third-order valence-electron chi connectivity index (χ3n) is 11.6. The lowest BCUT2D eigenvalue weighted by molar-refractivity contribution is -0.122. The first-order chi connectivity index (χ1) is 33.5. The molecule has 1 atom stereocenters. The summed E-state index contributed by atoms with van der Waals surface area (Å²) in [5.74, 6) is 5.86. The molecule has 2 heterocycles. The second-order valence-corrected chi connectivity index (χ2v) is 16.8. The summed E-state index contributed by atoms with van der Waals surface area (Å²) in [4.78, 5) is 57.5. The number of carbonyl (C=O) groups is 4. The Morgan fingerprint density at radius 1 is 0.739 bits per heavy atom. The lowest BCUT2D eigenvalue weighted by Gasteiger charge is -2.31. The molecule has 0 saturated carbocycles. The number of aromatic carboxylic acids is 1. The summed E-state index contributed by atoms with van der Waals surface area (Å²) in [6, 6.07) is 25.8. The van der Waals surface area contributed by atoms with Crippen LogP contribution >= 0.6 is 0 Å². The van der Waals surface area contributed by atoms with Crippen molar-refractivity contribution < 1.29 is 48.0 Å². The zero-order chi connectivity index (χ0) is 48.7. The maximum absolute atomic E-state index is 13.4. The number of rotatable bonds is 23. The summed E-state index contributed by atoms with van der Waals surface area (Å²) in [6.07, 6.45) is 6.30. The number of allylic oxidation sites excluding steroid dienone is 1. The number of ether oxygens (including phenoxy) is 5. The van der Waals surface area contributed by atoms with E-state index in [9.17, 15) is 24.3 Å². The minimum absolute atomic E-state index is 0.0183. The molecule has 0 spiro atoms. The lowest BCUT2D eigenvalue weighted by Crippen LogP contribution is -2.35. The fourth-order valence-electron chi connectivity index (χ4n) is 7.91. The molecule has 1 aliphatic carbocycles. The largest absolute Gasteiger partial charge is 0.478 e. The van der Waals surface area contributed by atoms with Crippen LogP contribution in [-0.4, -0.2) is 134 Å². The van der Waals surface area contributed by atoms with E-state index in [4.69, 9.17) is 23.7 Å². The predicted octanol–water partition coefficient (Wildman–Crippen LogP) is 5.67. The molecule has 69 heavy (non-hydrogen) atoms. The number of carbonyl (C=O) groups excluding carboxylic acids is 3. The zero-order valence-electron chi connectivity index (χ0n) is 39.5. The van der Waals surface area contributed by atoms with Crippen molar-refractivity contribution >= 4 is 40.6 Å². The van der Waals surface area contributed by atoms with Crippen molar-refractivity contribution in [2.24, 2.45) is 0 Å². The average Bonchev–Trinajstić information content (AvgIpc) is 3.34. The van der Waals surface area contributed by atoms with Crippen molar-refractivity contribution in [3.05, 3.63) is 153 Å². The number of nitrogens with zero attached hydrogens (tertiary/aromatic N) is 3. The van der Waals surface area contributed by atoms with Crippen LogP contribution in [0.2, 0.25) is 0 Å². The van der Waals surface area contributed by atoms with Crippen molar-refractivity contribution in [1.82, 2.24) is 15.5 Å². The zero-order valence-corrected chi connectivity index (χ0v) is 39.5. The number of hydrogen-bond donors (Lipinski definition) is 3. The highest BCUT2D eigenvalue weighted by Crippen LogP contribution is 2.45. The highest BCUT2D eigenvalue weighted by molar-refractivity contribution is 6.03. The first-order valence-corrected chi connectivity index (χ1v) is 23.0. The maximum atomic E-state index is 13.4. The van der Waals surface area contributed by atoms with Gasteiger partial charge in [0, 0.05) is 91.2 Å². The number of carboxylic acid groups (broad SMARTS) is 1. The predicted molar refractivity (Wildman–Crippen MR) is 263 cm³/mol. The van der Waals surface area contributed by atoms with Crippen molar-refractivity contribution in [3.63, 3.8) is 0 Å².